The second-order valence-electron chi connectivity index (χ2n) is 5.25. The fourth-order valence-electron chi connectivity index (χ4n) is 2.57. The van der Waals surface area contributed by atoms with E-state index in [1.54, 1.807) is 7.11 Å². The second kappa shape index (κ2) is 7.72. The van der Waals surface area contributed by atoms with Gasteiger partial charge in [-0.15, -0.1) is 12.4 Å². The summed E-state index contributed by atoms with van der Waals surface area (Å²) in [5.74, 6) is 2.18. The Kier molecular flexibility index (Phi) is 6.59. The lowest BCUT2D eigenvalue weighted by Crippen LogP contribution is -2.28. The van der Waals surface area contributed by atoms with Crippen molar-refractivity contribution in [2.45, 2.75) is 26.4 Å². The normalized spacial score (nSPS) is 22.4. The van der Waals surface area contributed by atoms with Crippen LogP contribution in [0.5, 0.6) is 11.5 Å². The summed E-state index contributed by atoms with van der Waals surface area (Å²) in [6.45, 7) is 7.79. The van der Waals surface area contributed by atoms with Crippen molar-refractivity contribution < 1.29 is 9.47 Å². The van der Waals surface area contributed by atoms with Crippen LogP contribution in [-0.4, -0.2) is 37.7 Å². The highest BCUT2D eigenvalue weighted by Crippen LogP contribution is 2.29. The molecule has 0 bridgehead atoms. The number of benzene rings is 1. The van der Waals surface area contributed by atoms with Crippen molar-refractivity contribution in [1.29, 1.82) is 0 Å². The van der Waals surface area contributed by atoms with Gasteiger partial charge in [-0.3, -0.25) is 4.90 Å². The van der Waals surface area contributed by atoms with Gasteiger partial charge in [-0.2, -0.15) is 0 Å². The minimum absolute atomic E-state index is 0. The van der Waals surface area contributed by atoms with Gasteiger partial charge in [0.1, 0.15) is 0 Å². The van der Waals surface area contributed by atoms with E-state index in [2.05, 4.69) is 24.0 Å². The number of likely N-dealkylation sites (tertiary alicyclic amines) is 1. The van der Waals surface area contributed by atoms with Gasteiger partial charge in [-0.05, 0) is 30.5 Å². The van der Waals surface area contributed by atoms with Crippen LogP contribution in [0.15, 0.2) is 18.2 Å². The third-order valence-corrected chi connectivity index (χ3v) is 3.68. The topological polar surface area (TPSA) is 47.7 Å². The standard InChI is InChI=1S/C15H24N2O2.ClH/c1-4-19-15-7-12(5-6-14(15)18-3)9-17-8-11(2)13(16)10-17;/h5-7,11,13H,4,8-10,16H2,1-3H3;1H. The number of nitrogens with two attached hydrogens (primary N) is 1. The minimum Gasteiger partial charge on any atom is -0.493 e. The summed E-state index contributed by atoms with van der Waals surface area (Å²) in [7, 11) is 1.67. The highest BCUT2D eigenvalue weighted by Gasteiger charge is 2.26. The maximum atomic E-state index is 6.06. The molecule has 2 N–H and O–H groups in total. The molecule has 1 aliphatic heterocycles. The molecule has 5 heteroatoms. The van der Waals surface area contributed by atoms with Gasteiger partial charge in [-0.1, -0.05) is 13.0 Å². The molecule has 1 aromatic rings. The monoisotopic (exact) mass is 300 g/mol. The first-order valence-corrected chi connectivity index (χ1v) is 6.91. The number of hydrogen-bond donors (Lipinski definition) is 1. The maximum absolute atomic E-state index is 6.06. The molecular formula is C15H25ClN2O2. The van der Waals surface area contributed by atoms with E-state index >= 15 is 0 Å². The molecule has 0 aliphatic carbocycles. The number of ether oxygens (including phenoxy) is 2. The summed E-state index contributed by atoms with van der Waals surface area (Å²) in [6.07, 6.45) is 0. The quantitative estimate of drug-likeness (QED) is 0.906. The van der Waals surface area contributed by atoms with Gasteiger partial charge in [0, 0.05) is 25.7 Å². The molecule has 1 fully saturated rings. The van der Waals surface area contributed by atoms with Gasteiger partial charge >= 0.3 is 0 Å². The van der Waals surface area contributed by atoms with Gasteiger partial charge < -0.3 is 15.2 Å². The Bertz CT molecular complexity index is 418. The summed E-state index contributed by atoms with van der Waals surface area (Å²) in [4.78, 5) is 2.40. The van der Waals surface area contributed by atoms with Crippen molar-refractivity contribution >= 4 is 12.4 Å². The summed E-state index contributed by atoms with van der Waals surface area (Å²) in [6, 6.07) is 6.43. The molecule has 1 saturated heterocycles. The van der Waals surface area contributed by atoms with E-state index in [0.717, 1.165) is 31.1 Å². The number of hydrogen-bond acceptors (Lipinski definition) is 4. The lowest BCUT2D eigenvalue weighted by atomic mass is 10.1. The van der Waals surface area contributed by atoms with E-state index in [4.69, 9.17) is 15.2 Å². The van der Waals surface area contributed by atoms with Crippen LogP contribution in [-0.2, 0) is 6.54 Å². The summed E-state index contributed by atoms with van der Waals surface area (Å²) >= 11 is 0. The Balaban J connectivity index is 0.00000200. The lowest BCUT2D eigenvalue weighted by Gasteiger charge is -2.17. The van der Waals surface area contributed by atoms with E-state index in [-0.39, 0.29) is 12.4 Å². The van der Waals surface area contributed by atoms with Crippen LogP contribution in [0, 0.1) is 5.92 Å². The predicted octanol–water partition coefficient (Wildman–Crippen LogP) is 2.29. The van der Waals surface area contributed by atoms with Crippen LogP contribution in [0.4, 0.5) is 0 Å². The van der Waals surface area contributed by atoms with Crippen molar-refractivity contribution in [1.82, 2.24) is 4.90 Å². The zero-order valence-electron chi connectivity index (χ0n) is 12.5. The molecule has 2 unspecified atom stereocenters. The average molecular weight is 301 g/mol. The van der Waals surface area contributed by atoms with Crippen LogP contribution in [0.3, 0.4) is 0 Å². The van der Waals surface area contributed by atoms with Crippen molar-refractivity contribution in [3.05, 3.63) is 23.8 Å². The zero-order chi connectivity index (χ0) is 13.8. The smallest absolute Gasteiger partial charge is 0.161 e. The van der Waals surface area contributed by atoms with Gasteiger partial charge in [0.05, 0.1) is 13.7 Å². The van der Waals surface area contributed by atoms with Gasteiger partial charge in [0.15, 0.2) is 11.5 Å². The first-order valence-electron chi connectivity index (χ1n) is 6.91. The van der Waals surface area contributed by atoms with Crippen molar-refractivity contribution in [3.8, 4) is 11.5 Å². The van der Waals surface area contributed by atoms with Gasteiger partial charge in [-0.25, -0.2) is 0 Å². The molecule has 20 heavy (non-hydrogen) atoms. The molecule has 0 saturated carbocycles. The van der Waals surface area contributed by atoms with Crippen molar-refractivity contribution in [3.63, 3.8) is 0 Å². The Hall–Kier alpha value is -0.970. The van der Waals surface area contributed by atoms with E-state index in [1.807, 2.05) is 13.0 Å². The summed E-state index contributed by atoms with van der Waals surface area (Å²) in [5.41, 5.74) is 7.30. The van der Waals surface area contributed by atoms with Gasteiger partial charge in [0.25, 0.3) is 0 Å². The SMILES string of the molecule is CCOc1cc(CN2CC(C)C(N)C2)ccc1OC.Cl. The first-order chi connectivity index (χ1) is 9.13. The molecule has 2 rings (SSSR count). The van der Waals surface area contributed by atoms with Crippen molar-refractivity contribution in [2.24, 2.45) is 11.7 Å². The fourth-order valence-corrected chi connectivity index (χ4v) is 2.57. The molecule has 0 amide bonds. The lowest BCUT2D eigenvalue weighted by molar-refractivity contribution is 0.304. The number of halogens is 1. The van der Waals surface area contributed by atoms with E-state index < -0.39 is 0 Å². The molecule has 0 radical (unpaired) electrons. The van der Waals surface area contributed by atoms with Crippen LogP contribution in [0.25, 0.3) is 0 Å². The summed E-state index contributed by atoms with van der Waals surface area (Å²) < 4.78 is 10.9. The van der Waals surface area contributed by atoms with Crippen LogP contribution < -0.4 is 15.2 Å². The molecule has 1 heterocycles. The van der Waals surface area contributed by atoms with Crippen LogP contribution >= 0.6 is 12.4 Å². The molecular weight excluding hydrogens is 276 g/mol. The van der Waals surface area contributed by atoms with Crippen LogP contribution in [0.1, 0.15) is 19.4 Å². The largest absolute Gasteiger partial charge is 0.493 e. The highest BCUT2D eigenvalue weighted by atomic mass is 35.5. The fraction of sp³-hybridized carbons (Fsp3) is 0.600. The Labute approximate surface area is 127 Å². The number of nitrogens with zero attached hydrogens (tertiary/aromatic N) is 1. The van der Waals surface area contributed by atoms with Crippen molar-refractivity contribution in [2.75, 3.05) is 26.8 Å². The minimum atomic E-state index is 0. The predicted molar refractivity (Wildman–Crippen MR) is 83.8 cm³/mol. The maximum Gasteiger partial charge on any atom is 0.161 e. The van der Waals surface area contributed by atoms with Crippen LogP contribution in [0.2, 0.25) is 0 Å². The Morgan fingerprint density at radius 1 is 1.30 bits per heavy atom. The molecule has 0 aromatic heterocycles. The first kappa shape index (κ1) is 17.1. The Morgan fingerprint density at radius 2 is 2.05 bits per heavy atom. The Morgan fingerprint density at radius 3 is 2.60 bits per heavy atom. The molecule has 114 valence electrons. The average Bonchev–Trinajstić information content (AvgIpc) is 2.69. The molecule has 4 nitrogen and oxygen atoms in total. The number of methoxy groups -OCH3 is 1. The molecule has 0 spiro atoms. The molecule has 1 aliphatic rings. The number of rotatable bonds is 5. The molecule has 1 aromatic carbocycles. The molecule has 2 atom stereocenters. The van der Waals surface area contributed by atoms with E-state index in [1.165, 1.54) is 5.56 Å². The summed E-state index contributed by atoms with van der Waals surface area (Å²) in [5, 5.41) is 0. The van der Waals surface area contributed by atoms with E-state index in [9.17, 15) is 0 Å². The highest BCUT2D eigenvalue weighted by molar-refractivity contribution is 5.85. The zero-order valence-corrected chi connectivity index (χ0v) is 13.3. The third-order valence-electron chi connectivity index (χ3n) is 3.68. The second-order valence-corrected chi connectivity index (χ2v) is 5.25. The third kappa shape index (κ3) is 4.01. The van der Waals surface area contributed by atoms with Gasteiger partial charge in [0.2, 0.25) is 0 Å². The van der Waals surface area contributed by atoms with E-state index in [0.29, 0.717) is 18.6 Å².